The summed E-state index contributed by atoms with van der Waals surface area (Å²) in [6.07, 6.45) is 2.83. The SMILES string of the molecule is CC(CC(=O)O)OCCOC1CCCCO1. The molecule has 1 aliphatic rings. The highest BCUT2D eigenvalue weighted by molar-refractivity contribution is 5.67. The van der Waals surface area contributed by atoms with Gasteiger partial charge in [-0.25, -0.2) is 0 Å². The van der Waals surface area contributed by atoms with Gasteiger partial charge in [0.2, 0.25) is 0 Å². The van der Waals surface area contributed by atoms with Gasteiger partial charge in [0.25, 0.3) is 0 Å². The van der Waals surface area contributed by atoms with Crippen molar-refractivity contribution >= 4 is 5.97 Å². The van der Waals surface area contributed by atoms with Gasteiger partial charge in [-0.15, -0.1) is 0 Å². The van der Waals surface area contributed by atoms with Crippen molar-refractivity contribution in [3.05, 3.63) is 0 Å². The maximum absolute atomic E-state index is 10.4. The number of carboxylic acid groups (broad SMARTS) is 1. The first-order valence-electron chi connectivity index (χ1n) is 5.75. The van der Waals surface area contributed by atoms with Crippen LogP contribution >= 0.6 is 0 Å². The summed E-state index contributed by atoms with van der Waals surface area (Å²) >= 11 is 0. The lowest BCUT2D eigenvalue weighted by Gasteiger charge is -2.22. The third-order valence-electron chi connectivity index (χ3n) is 2.39. The number of rotatable bonds is 7. The van der Waals surface area contributed by atoms with Crippen LogP contribution in [0, 0.1) is 0 Å². The highest BCUT2D eigenvalue weighted by Crippen LogP contribution is 2.13. The van der Waals surface area contributed by atoms with E-state index in [4.69, 9.17) is 19.3 Å². The number of ether oxygens (including phenoxy) is 3. The summed E-state index contributed by atoms with van der Waals surface area (Å²) in [5.41, 5.74) is 0. The van der Waals surface area contributed by atoms with Crippen LogP contribution in [0.3, 0.4) is 0 Å². The molecular weight excluding hydrogens is 212 g/mol. The van der Waals surface area contributed by atoms with Gasteiger partial charge in [0, 0.05) is 6.61 Å². The second kappa shape index (κ2) is 7.60. The second-order valence-electron chi connectivity index (χ2n) is 3.95. The van der Waals surface area contributed by atoms with E-state index in [0.717, 1.165) is 25.9 Å². The normalized spacial score (nSPS) is 22.9. The van der Waals surface area contributed by atoms with E-state index in [1.165, 1.54) is 0 Å². The van der Waals surface area contributed by atoms with Crippen molar-refractivity contribution in [3.8, 4) is 0 Å². The lowest BCUT2D eigenvalue weighted by atomic mass is 10.2. The van der Waals surface area contributed by atoms with Gasteiger partial charge in [0.05, 0.1) is 25.7 Å². The Morgan fingerprint density at radius 2 is 2.31 bits per heavy atom. The smallest absolute Gasteiger partial charge is 0.305 e. The minimum Gasteiger partial charge on any atom is -0.481 e. The molecule has 1 fully saturated rings. The molecule has 0 aliphatic carbocycles. The fraction of sp³-hybridized carbons (Fsp3) is 0.909. The Kier molecular flexibility index (Phi) is 6.37. The molecule has 2 atom stereocenters. The van der Waals surface area contributed by atoms with E-state index in [0.29, 0.717) is 13.2 Å². The minimum atomic E-state index is -0.843. The Morgan fingerprint density at radius 3 is 2.94 bits per heavy atom. The molecule has 0 amide bonds. The van der Waals surface area contributed by atoms with Crippen LogP contribution in [0.25, 0.3) is 0 Å². The van der Waals surface area contributed by atoms with E-state index in [9.17, 15) is 4.79 Å². The quantitative estimate of drug-likeness (QED) is 0.672. The maximum atomic E-state index is 10.4. The molecule has 1 heterocycles. The van der Waals surface area contributed by atoms with E-state index in [1.54, 1.807) is 6.92 Å². The third-order valence-corrected chi connectivity index (χ3v) is 2.39. The molecule has 5 heteroatoms. The Bertz CT molecular complexity index is 201. The van der Waals surface area contributed by atoms with Crippen molar-refractivity contribution in [2.24, 2.45) is 0 Å². The van der Waals surface area contributed by atoms with Crippen molar-refractivity contribution in [2.75, 3.05) is 19.8 Å². The molecule has 94 valence electrons. The van der Waals surface area contributed by atoms with Crippen LogP contribution in [0.4, 0.5) is 0 Å². The lowest BCUT2D eigenvalue weighted by Crippen LogP contribution is -2.25. The van der Waals surface area contributed by atoms with Crippen LogP contribution in [0.1, 0.15) is 32.6 Å². The average molecular weight is 232 g/mol. The zero-order valence-electron chi connectivity index (χ0n) is 9.68. The van der Waals surface area contributed by atoms with E-state index >= 15 is 0 Å². The number of carbonyl (C=O) groups is 1. The van der Waals surface area contributed by atoms with Crippen LogP contribution in [-0.2, 0) is 19.0 Å². The Morgan fingerprint density at radius 1 is 1.50 bits per heavy atom. The summed E-state index contributed by atoms with van der Waals surface area (Å²) in [5, 5.41) is 8.51. The largest absolute Gasteiger partial charge is 0.481 e. The van der Waals surface area contributed by atoms with Crippen LogP contribution in [0.15, 0.2) is 0 Å². The van der Waals surface area contributed by atoms with Gasteiger partial charge in [0.15, 0.2) is 6.29 Å². The molecule has 0 bridgehead atoms. The highest BCUT2D eigenvalue weighted by atomic mass is 16.7. The zero-order valence-corrected chi connectivity index (χ0v) is 9.68. The Balaban J connectivity index is 1.96. The molecule has 0 radical (unpaired) electrons. The molecule has 1 rings (SSSR count). The number of hydrogen-bond donors (Lipinski definition) is 1. The molecular formula is C11H20O5. The first kappa shape index (κ1) is 13.4. The summed E-state index contributed by atoms with van der Waals surface area (Å²) in [6, 6.07) is 0. The Hall–Kier alpha value is -0.650. The van der Waals surface area contributed by atoms with Gasteiger partial charge in [-0.3, -0.25) is 4.79 Å². The predicted octanol–water partition coefficient (Wildman–Crippen LogP) is 1.41. The van der Waals surface area contributed by atoms with Crippen molar-refractivity contribution in [1.29, 1.82) is 0 Å². The van der Waals surface area contributed by atoms with Crippen molar-refractivity contribution in [2.45, 2.75) is 45.0 Å². The highest BCUT2D eigenvalue weighted by Gasteiger charge is 2.14. The molecule has 0 aromatic rings. The third kappa shape index (κ3) is 6.05. The zero-order chi connectivity index (χ0) is 11.8. The van der Waals surface area contributed by atoms with E-state index in [2.05, 4.69) is 0 Å². The van der Waals surface area contributed by atoms with E-state index in [-0.39, 0.29) is 18.8 Å². The molecule has 0 saturated carbocycles. The van der Waals surface area contributed by atoms with Crippen LogP contribution in [-0.4, -0.2) is 43.3 Å². The molecule has 0 aromatic carbocycles. The van der Waals surface area contributed by atoms with Gasteiger partial charge < -0.3 is 19.3 Å². The molecule has 2 unspecified atom stereocenters. The second-order valence-corrected chi connectivity index (χ2v) is 3.95. The fourth-order valence-corrected chi connectivity index (χ4v) is 1.58. The van der Waals surface area contributed by atoms with Crippen LogP contribution in [0.2, 0.25) is 0 Å². The standard InChI is InChI=1S/C11H20O5/c1-9(8-10(12)13)14-6-7-16-11-4-2-3-5-15-11/h9,11H,2-8H2,1H3,(H,12,13). The molecule has 0 aromatic heterocycles. The molecule has 1 N–H and O–H groups in total. The molecule has 1 saturated heterocycles. The minimum absolute atomic E-state index is 0.0277. The van der Waals surface area contributed by atoms with Gasteiger partial charge in [-0.2, -0.15) is 0 Å². The first-order valence-corrected chi connectivity index (χ1v) is 5.75. The topological polar surface area (TPSA) is 65.0 Å². The van der Waals surface area contributed by atoms with Gasteiger partial charge >= 0.3 is 5.97 Å². The number of hydrogen-bond acceptors (Lipinski definition) is 4. The van der Waals surface area contributed by atoms with Gasteiger partial charge in [-0.1, -0.05) is 0 Å². The summed E-state index contributed by atoms with van der Waals surface area (Å²) < 4.78 is 16.1. The maximum Gasteiger partial charge on any atom is 0.305 e. The van der Waals surface area contributed by atoms with Crippen molar-refractivity contribution < 1.29 is 24.1 Å². The fourth-order valence-electron chi connectivity index (χ4n) is 1.58. The molecule has 5 nitrogen and oxygen atoms in total. The number of carboxylic acids is 1. The molecule has 0 spiro atoms. The summed E-state index contributed by atoms with van der Waals surface area (Å²) in [7, 11) is 0. The molecule has 16 heavy (non-hydrogen) atoms. The summed E-state index contributed by atoms with van der Waals surface area (Å²) in [4.78, 5) is 10.4. The van der Waals surface area contributed by atoms with Crippen molar-refractivity contribution in [1.82, 2.24) is 0 Å². The summed E-state index contributed by atoms with van der Waals surface area (Å²) in [5.74, 6) is -0.843. The number of aliphatic carboxylic acids is 1. The molecule has 1 aliphatic heterocycles. The monoisotopic (exact) mass is 232 g/mol. The van der Waals surface area contributed by atoms with Gasteiger partial charge in [-0.05, 0) is 26.2 Å². The Labute approximate surface area is 95.7 Å². The van der Waals surface area contributed by atoms with E-state index < -0.39 is 5.97 Å². The van der Waals surface area contributed by atoms with Crippen molar-refractivity contribution in [3.63, 3.8) is 0 Å². The average Bonchev–Trinajstić information content (AvgIpc) is 2.25. The first-order chi connectivity index (χ1) is 7.68. The predicted molar refractivity (Wildman–Crippen MR) is 57.2 cm³/mol. The van der Waals surface area contributed by atoms with Crippen LogP contribution < -0.4 is 0 Å². The lowest BCUT2D eigenvalue weighted by molar-refractivity contribution is -0.172. The van der Waals surface area contributed by atoms with Crippen LogP contribution in [0.5, 0.6) is 0 Å². The van der Waals surface area contributed by atoms with E-state index in [1.807, 2.05) is 0 Å². The summed E-state index contributed by atoms with van der Waals surface area (Å²) in [6.45, 7) is 3.37. The van der Waals surface area contributed by atoms with Gasteiger partial charge in [0.1, 0.15) is 0 Å².